The van der Waals surface area contributed by atoms with Crippen molar-refractivity contribution in [3.8, 4) is 5.75 Å². The van der Waals surface area contributed by atoms with Gasteiger partial charge in [0.05, 0.1) is 24.2 Å². The minimum absolute atomic E-state index is 0.0325. The highest BCUT2D eigenvalue weighted by molar-refractivity contribution is 5.81. The highest BCUT2D eigenvalue weighted by Crippen LogP contribution is 2.35. The second-order valence-corrected chi connectivity index (χ2v) is 9.49. The van der Waals surface area contributed by atoms with Gasteiger partial charge in [-0.2, -0.15) is 0 Å². The number of hydrogen-bond donors (Lipinski definition) is 2. The van der Waals surface area contributed by atoms with Gasteiger partial charge in [-0.25, -0.2) is 13.8 Å². The van der Waals surface area contributed by atoms with Gasteiger partial charge in [0.25, 0.3) is 0 Å². The van der Waals surface area contributed by atoms with Gasteiger partial charge in [0.2, 0.25) is 11.8 Å². The van der Waals surface area contributed by atoms with E-state index in [1.54, 1.807) is 18.2 Å². The summed E-state index contributed by atoms with van der Waals surface area (Å²) in [4.78, 5) is 35.0. The predicted molar refractivity (Wildman–Crippen MR) is 126 cm³/mol. The second-order valence-electron chi connectivity index (χ2n) is 9.49. The molecule has 0 saturated carbocycles. The summed E-state index contributed by atoms with van der Waals surface area (Å²) in [5, 5.41) is 3.02. The van der Waals surface area contributed by atoms with E-state index in [-0.39, 0.29) is 30.1 Å². The average molecular weight is 483 g/mol. The van der Waals surface area contributed by atoms with E-state index in [0.29, 0.717) is 60.4 Å². The molecule has 0 spiro atoms. The van der Waals surface area contributed by atoms with Crippen LogP contribution in [0.15, 0.2) is 36.4 Å². The number of carbonyl (C=O) groups excluding carboxylic acids is 2. The fourth-order valence-corrected chi connectivity index (χ4v) is 5.34. The molecule has 3 heterocycles. The summed E-state index contributed by atoms with van der Waals surface area (Å²) >= 11 is 0. The van der Waals surface area contributed by atoms with Crippen molar-refractivity contribution in [1.82, 2.24) is 20.2 Å². The van der Waals surface area contributed by atoms with Crippen LogP contribution in [0.25, 0.3) is 11.0 Å². The third-order valence-corrected chi connectivity index (χ3v) is 7.19. The molecule has 3 aromatic rings. The summed E-state index contributed by atoms with van der Waals surface area (Å²) in [7, 11) is 1.48. The first-order valence-electron chi connectivity index (χ1n) is 11.9. The van der Waals surface area contributed by atoms with Crippen LogP contribution in [0.5, 0.6) is 5.75 Å². The molecule has 2 aliphatic heterocycles. The van der Waals surface area contributed by atoms with Crippen molar-refractivity contribution in [1.29, 1.82) is 0 Å². The van der Waals surface area contributed by atoms with Crippen LogP contribution in [0.2, 0.25) is 0 Å². The van der Waals surface area contributed by atoms with Gasteiger partial charge in [-0.3, -0.25) is 9.59 Å². The summed E-state index contributed by atoms with van der Waals surface area (Å²) in [6, 6.07) is 8.88. The van der Waals surface area contributed by atoms with E-state index in [0.717, 1.165) is 12.8 Å². The molecular formula is C26H28F2N4O3. The number of nitrogens with one attached hydrogen (secondary N) is 2. The molecule has 0 aliphatic carbocycles. The van der Waals surface area contributed by atoms with E-state index < -0.39 is 11.4 Å². The molecule has 2 saturated heterocycles. The second kappa shape index (κ2) is 9.28. The maximum Gasteiger partial charge on any atom is 0.223 e. The summed E-state index contributed by atoms with van der Waals surface area (Å²) in [6.45, 7) is 0.612. The minimum atomic E-state index is -0.672. The molecule has 2 aromatic carbocycles. The summed E-state index contributed by atoms with van der Waals surface area (Å²) in [6.07, 6.45) is 3.46. The van der Waals surface area contributed by atoms with Crippen molar-refractivity contribution in [3.63, 3.8) is 0 Å². The van der Waals surface area contributed by atoms with E-state index in [1.165, 1.54) is 25.3 Å². The van der Waals surface area contributed by atoms with Crippen LogP contribution in [0.1, 0.15) is 56.0 Å². The van der Waals surface area contributed by atoms with E-state index in [1.807, 2.05) is 4.90 Å². The van der Waals surface area contributed by atoms with Gasteiger partial charge in [-0.05, 0) is 61.9 Å². The lowest BCUT2D eigenvalue weighted by molar-refractivity contribution is -0.133. The number of halogens is 2. The van der Waals surface area contributed by atoms with E-state index >= 15 is 0 Å². The number of benzene rings is 2. The number of amides is 2. The number of ether oxygens (including phenoxy) is 1. The molecule has 2 N–H and O–H groups in total. The predicted octanol–water partition coefficient (Wildman–Crippen LogP) is 4.18. The number of likely N-dealkylation sites (tertiary alicyclic amines) is 1. The van der Waals surface area contributed by atoms with Crippen LogP contribution < -0.4 is 10.1 Å². The van der Waals surface area contributed by atoms with Gasteiger partial charge in [-0.15, -0.1) is 0 Å². The van der Waals surface area contributed by atoms with Crippen LogP contribution in [0.4, 0.5) is 8.78 Å². The Hall–Kier alpha value is -3.49. The van der Waals surface area contributed by atoms with E-state index in [2.05, 4.69) is 15.3 Å². The molecule has 0 unspecified atom stereocenters. The number of aromatic nitrogens is 2. The number of fused-ring (bicyclic) bond motifs is 1. The molecule has 5 rings (SSSR count). The van der Waals surface area contributed by atoms with Gasteiger partial charge in [0.15, 0.2) is 0 Å². The monoisotopic (exact) mass is 482 g/mol. The quantitative estimate of drug-likeness (QED) is 0.529. The molecule has 2 fully saturated rings. The molecule has 0 bridgehead atoms. The number of hydrogen-bond acceptors (Lipinski definition) is 4. The first-order chi connectivity index (χ1) is 16.9. The maximum absolute atomic E-state index is 14.7. The van der Waals surface area contributed by atoms with E-state index in [9.17, 15) is 18.4 Å². The number of aromatic amines is 1. The zero-order chi connectivity index (χ0) is 24.6. The first-order valence-corrected chi connectivity index (χ1v) is 11.9. The van der Waals surface area contributed by atoms with Crippen LogP contribution in [0, 0.1) is 11.6 Å². The van der Waals surface area contributed by atoms with E-state index in [4.69, 9.17) is 4.74 Å². The SMILES string of the molecule is COc1ccc(C[C@]2(CCC(=O)N3CCC[C@@H]3c3nc4ccc(F)cc4[nH]3)CCC(=O)N2)c(F)c1. The fraction of sp³-hybridized carbons (Fsp3) is 0.423. The lowest BCUT2D eigenvalue weighted by Crippen LogP contribution is -2.45. The molecule has 2 aliphatic rings. The number of imidazole rings is 1. The molecule has 9 heteroatoms. The topological polar surface area (TPSA) is 87.3 Å². The summed E-state index contributed by atoms with van der Waals surface area (Å²) < 4.78 is 33.3. The molecular weight excluding hydrogens is 454 g/mol. The van der Waals surface area contributed by atoms with Crippen molar-refractivity contribution in [2.45, 2.75) is 56.5 Å². The maximum atomic E-state index is 14.7. The van der Waals surface area contributed by atoms with Gasteiger partial charge in [0, 0.05) is 31.0 Å². The molecule has 1 aromatic heterocycles. The molecule has 7 nitrogen and oxygen atoms in total. The highest BCUT2D eigenvalue weighted by Gasteiger charge is 2.40. The standard InChI is InChI=1S/C26H28F2N4O3/c1-35-18-6-4-16(19(28)14-18)15-26(10-8-23(33)31-26)11-9-24(34)32-12-2-3-22(32)25-29-20-7-5-17(27)13-21(20)30-25/h4-7,13-14,22H,2-3,8-12,15H2,1H3,(H,29,30)(H,31,33)/t22-,26-/m1/s1. The molecule has 0 radical (unpaired) electrons. The molecule has 2 atom stereocenters. The van der Waals surface area contributed by atoms with Crippen molar-refractivity contribution >= 4 is 22.8 Å². The lowest BCUT2D eigenvalue weighted by atomic mass is 9.84. The Bertz CT molecular complexity index is 1280. The van der Waals surface area contributed by atoms with Gasteiger partial charge < -0.3 is 19.9 Å². The minimum Gasteiger partial charge on any atom is -0.497 e. The molecule has 184 valence electrons. The Morgan fingerprint density at radius 3 is 2.86 bits per heavy atom. The summed E-state index contributed by atoms with van der Waals surface area (Å²) in [5.41, 5.74) is 1.08. The number of rotatable bonds is 7. The van der Waals surface area contributed by atoms with Crippen molar-refractivity contribution < 1.29 is 23.1 Å². The number of carbonyl (C=O) groups is 2. The highest BCUT2D eigenvalue weighted by atomic mass is 19.1. The van der Waals surface area contributed by atoms with Crippen molar-refractivity contribution in [2.24, 2.45) is 0 Å². The largest absolute Gasteiger partial charge is 0.497 e. The summed E-state index contributed by atoms with van der Waals surface area (Å²) in [5.74, 6) is 0.233. The molecule has 2 amide bonds. The third kappa shape index (κ3) is 4.72. The first kappa shape index (κ1) is 23.3. The Morgan fingerprint density at radius 2 is 2.11 bits per heavy atom. The third-order valence-electron chi connectivity index (χ3n) is 7.19. The zero-order valence-corrected chi connectivity index (χ0v) is 19.6. The Balaban J connectivity index is 1.30. The normalized spacial score (nSPS) is 22.1. The van der Waals surface area contributed by atoms with Gasteiger partial charge >= 0.3 is 0 Å². The van der Waals surface area contributed by atoms with Crippen LogP contribution in [-0.2, 0) is 16.0 Å². The number of H-pyrrole nitrogens is 1. The number of methoxy groups -OCH3 is 1. The van der Waals surface area contributed by atoms with Gasteiger partial charge in [0.1, 0.15) is 23.2 Å². The van der Waals surface area contributed by atoms with Crippen molar-refractivity contribution in [2.75, 3.05) is 13.7 Å². The fourth-order valence-electron chi connectivity index (χ4n) is 5.34. The van der Waals surface area contributed by atoms with Gasteiger partial charge in [-0.1, -0.05) is 6.07 Å². The Labute approximate surface area is 201 Å². The smallest absolute Gasteiger partial charge is 0.223 e. The molecule has 35 heavy (non-hydrogen) atoms. The van der Waals surface area contributed by atoms with Crippen LogP contribution in [-0.4, -0.2) is 45.9 Å². The lowest BCUT2D eigenvalue weighted by Gasteiger charge is -2.31. The van der Waals surface area contributed by atoms with Crippen LogP contribution >= 0.6 is 0 Å². The number of nitrogens with zero attached hydrogens (tertiary/aromatic N) is 2. The van der Waals surface area contributed by atoms with Crippen LogP contribution in [0.3, 0.4) is 0 Å². The Morgan fingerprint density at radius 1 is 1.26 bits per heavy atom. The van der Waals surface area contributed by atoms with Crippen molar-refractivity contribution in [3.05, 3.63) is 59.4 Å². The Kier molecular flexibility index (Phi) is 6.17. The average Bonchev–Trinajstić information content (AvgIpc) is 3.57. The zero-order valence-electron chi connectivity index (χ0n) is 19.6.